The molecule has 0 aliphatic heterocycles. The maximum atomic E-state index is 8.79. The van der Waals surface area contributed by atoms with E-state index in [0.29, 0.717) is 16.6 Å². The molecule has 1 aromatic rings. The number of halogens is 2. The van der Waals surface area contributed by atoms with E-state index in [0.717, 1.165) is 18.5 Å². The van der Waals surface area contributed by atoms with Gasteiger partial charge in [-0.3, -0.25) is 0 Å². The van der Waals surface area contributed by atoms with Crippen LogP contribution in [0.2, 0.25) is 10.0 Å². The van der Waals surface area contributed by atoms with Gasteiger partial charge in [-0.2, -0.15) is 0 Å². The highest BCUT2D eigenvalue weighted by Gasteiger charge is 2.12. The minimum absolute atomic E-state index is 0.137. The molecule has 17 heavy (non-hydrogen) atoms. The molecule has 1 unspecified atom stereocenters. The minimum Gasteiger partial charge on any atom is -0.395 e. The normalized spacial score (nSPS) is 13.1. The van der Waals surface area contributed by atoms with Crippen molar-refractivity contribution in [3.8, 4) is 0 Å². The summed E-state index contributed by atoms with van der Waals surface area (Å²) in [5.41, 5.74) is 6.95. The Balaban J connectivity index is 2.58. The molecule has 5 heteroatoms. The molecule has 0 amide bonds. The van der Waals surface area contributed by atoms with Crippen LogP contribution in [0.1, 0.15) is 18.0 Å². The van der Waals surface area contributed by atoms with Crippen LogP contribution in [0.25, 0.3) is 0 Å². The van der Waals surface area contributed by atoms with E-state index in [9.17, 15) is 0 Å². The lowest BCUT2D eigenvalue weighted by atomic mass is 10.0. The van der Waals surface area contributed by atoms with Crippen LogP contribution >= 0.6 is 23.2 Å². The first kappa shape index (κ1) is 14.7. The molecule has 3 nitrogen and oxygen atoms in total. The first-order valence-corrected chi connectivity index (χ1v) is 6.30. The summed E-state index contributed by atoms with van der Waals surface area (Å²) in [5.74, 6) is 0. The van der Waals surface area contributed by atoms with Crippen molar-refractivity contribution in [2.75, 3.05) is 26.7 Å². The monoisotopic (exact) mass is 276 g/mol. The average Bonchev–Trinajstić information content (AvgIpc) is 2.30. The van der Waals surface area contributed by atoms with Gasteiger partial charge in [-0.25, -0.2) is 0 Å². The zero-order valence-corrected chi connectivity index (χ0v) is 11.4. The molecule has 0 aliphatic rings. The summed E-state index contributed by atoms with van der Waals surface area (Å²) in [4.78, 5) is 2.03. The summed E-state index contributed by atoms with van der Waals surface area (Å²) in [6.07, 6.45) is 0.774. The van der Waals surface area contributed by atoms with Crippen LogP contribution in [0, 0.1) is 0 Å². The second-order valence-corrected chi connectivity index (χ2v) is 4.85. The van der Waals surface area contributed by atoms with Gasteiger partial charge in [0, 0.05) is 12.6 Å². The van der Waals surface area contributed by atoms with E-state index in [-0.39, 0.29) is 12.6 Å². The van der Waals surface area contributed by atoms with Gasteiger partial charge >= 0.3 is 0 Å². The standard InChI is InChI=1S/C12H18Cl2N2O/c1-16(7-8-17)6-5-11(15)9-3-2-4-10(13)12(9)14/h2-4,11,17H,5-8,15H2,1H3. The highest BCUT2D eigenvalue weighted by molar-refractivity contribution is 6.42. The fourth-order valence-electron chi connectivity index (χ4n) is 1.60. The first-order chi connectivity index (χ1) is 8.06. The van der Waals surface area contributed by atoms with E-state index in [1.54, 1.807) is 6.07 Å². The molecule has 96 valence electrons. The molecule has 0 radical (unpaired) electrons. The molecule has 0 heterocycles. The lowest BCUT2D eigenvalue weighted by Gasteiger charge is -2.19. The lowest BCUT2D eigenvalue weighted by Crippen LogP contribution is -2.26. The average molecular weight is 277 g/mol. The van der Waals surface area contributed by atoms with Crippen LogP contribution in [0.5, 0.6) is 0 Å². The first-order valence-electron chi connectivity index (χ1n) is 5.55. The highest BCUT2D eigenvalue weighted by atomic mass is 35.5. The third-order valence-corrected chi connectivity index (χ3v) is 3.52. The number of nitrogens with two attached hydrogens (primary N) is 1. The van der Waals surface area contributed by atoms with Crippen LogP contribution in [0.4, 0.5) is 0 Å². The summed E-state index contributed by atoms with van der Waals surface area (Å²) in [6.45, 7) is 1.62. The van der Waals surface area contributed by atoms with Crippen molar-refractivity contribution in [3.63, 3.8) is 0 Å². The third kappa shape index (κ3) is 4.45. The summed E-state index contributed by atoms with van der Waals surface area (Å²) >= 11 is 12.0. The van der Waals surface area contributed by atoms with Crippen molar-refractivity contribution >= 4 is 23.2 Å². The van der Waals surface area contributed by atoms with Gasteiger partial charge in [0.1, 0.15) is 0 Å². The molecule has 3 N–H and O–H groups in total. The van der Waals surface area contributed by atoms with Crippen LogP contribution in [-0.4, -0.2) is 36.8 Å². The van der Waals surface area contributed by atoms with Crippen LogP contribution in [0.3, 0.4) is 0 Å². The Bertz CT molecular complexity index is 360. The summed E-state index contributed by atoms with van der Waals surface area (Å²) in [5, 5.41) is 9.85. The number of nitrogens with zero attached hydrogens (tertiary/aromatic N) is 1. The van der Waals surface area contributed by atoms with Crippen molar-refractivity contribution in [2.45, 2.75) is 12.5 Å². The number of benzene rings is 1. The molecular formula is C12H18Cl2N2O. The molecule has 0 fully saturated rings. The van der Waals surface area contributed by atoms with Crippen LogP contribution < -0.4 is 5.73 Å². The van der Waals surface area contributed by atoms with Crippen molar-refractivity contribution < 1.29 is 5.11 Å². The Hall–Kier alpha value is -0.320. The molecule has 0 saturated carbocycles. The van der Waals surface area contributed by atoms with E-state index < -0.39 is 0 Å². The molecule has 1 aromatic carbocycles. The van der Waals surface area contributed by atoms with Gasteiger partial charge in [0.15, 0.2) is 0 Å². The SMILES string of the molecule is CN(CCO)CCC(N)c1cccc(Cl)c1Cl. The van der Waals surface area contributed by atoms with Gasteiger partial charge in [0.25, 0.3) is 0 Å². The Kier molecular flexibility index (Phi) is 6.23. The van der Waals surface area contributed by atoms with Gasteiger partial charge in [0.2, 0.25) is 0 Å². The van der Waals surface area contributed by atoms with Gasteiger partial charge < -0.3 is 15.7 Å². The highest BCUT2D eigenvalue weighted by Crippen LogP contribution is 2.30. The van der Waals surface area contributed by atoms with Crippen molar-refractivity contribution in [2.24, 2.45) is 5.73 Å². The summed E-state index contributed by atoms with van der Waals surface area (Å²) < 4.78 is 0. The number of hydrogen-bond acceptors (Lipinski definition) is 3. The summed E-state index contributed by atoms with van der Waals surface area (Å²) in [7, 11) is 1.95. The van der Waals surface area contributed by atoms with Gasteiger partial charge in [0.05, 0.1) is 16.7 Å². The maximum absolute atomic E-state index is 8.79. The predicted molar refractivity (Wildman–Crippen MR) is 72.6 cm³/mol. The fourth-order valence-corrected chi connectivity index (χ4v) is 2.05. The van der Waals surface area contributed by atoms with Gasteiger partial charge in [-0.1, -0.05) is 35.3 Å². The third-order valence-electron chi connectivity index (χ3n) is 2.68. The molecule has 1 rings (SSSR count). The van der Waals surface area contributed by atoms with Crippen molar-refractivity contribution in [1.29, 1.82) is 0 Å². The minimum atomic E-state index is -0.137. The molecule has 0 aromatic heterocycles. The number of rotatable bonds is 6. The Labute approximate surface area is 112 Å². The molecule has 0 saturated heterocycles. The van der Waals surface area contributed by atoms with Gasteiger partial charge in [-0.05, 0) is 31.6 Å². The topological polar surface area (TPSA) is 49.5 Å². The van der Waals surface area contributed by atoms with E-state index in [2.05, 4.69) is 0 Å². The smallest absolute Gasteiger partial charge is 0.0640 e. The zero-order valence-electron chi connectivity index (χ0n) is 9.87. The van der Waals surface area contributed by atoms with Gasteiger partial charge in [-0.15, -0.1) is 0 Å². The largest absolute Gasteiger partial charge is 0.395 e. The molecular weight excluding hydrogens is 259 g/mol. The molecule has 1 atom stereocenters. The number of hydrogen-bond donors (Lipinski definition) is 2. The molecule has 0 aliphatic carbocycles. The van der Waals surface area contributed by atoms with Crippen molar-refractivity contribution in [3.05, 3.63) is 33.8 Å². The predicted octanol–water partition coefficient (Wildman–Crippen LogP) is 2.31. The van der Waals surface area contributed by atoms with E-state index >= 15 is 0 Å². The molecule has 0 spiro atoms. The lowest BCUT2D eigenvalue weighted by molar-refractivity contribution is 0.217. The van der Waals surface area contributed by atoms with E-state index in [1.165, 1.54) is 0 Å². The van der Waals surface area contributed by atoms with E-state index in [1.807, 2.05) is 24.1 Å². The van der Waals surface area contributed by atoms with Crippen molar-refractivity contribution in [1.82, 2.24) is 4.90 Å². The number of likely N-dealkylation sites (N-methyl/N-ethyl adjacent to an activating group) is 1. The fraction of sp³-hybridized carbons (Fsp3) is 0.500. The van der Waals surface area contributed by atoms with Crippen LogP contribution in [-0.2, 0) is 0 Å². The zero-order chi connectivity index (χ0) is 12.8. The summed E-state index contributed by atoms with van der Waals surface area (Å²) in [6, 6.07) is 5.35. The molecule has 0 bridgehead atoms. The second kappa shape index (κ2) is 7.19. The van der Waals surface area contributed by atoms with E-state index in [4.69, 9.17) is 34.0 Å². The second-order valence-electron chi connectivity index (χ2n) is 4.07. The Morgan fingerprint density at radius 1 is 1.35 bits per heavy atom. The number of aliphatic hydroxyl groups excluding tert-OH is 1. The number of aliphatic hydroxyl groups is 1. The maximum Gasteiger partial charge on any atom is 0.0640 e. The Morgan fingerprint density at radius 3 is 2.71 bits per heavy atom. The Morgan fingerprint density at radius 2 is 2.06 bits per heavy atom. The van der Waals surface area contributed by atoms with Crippen LogP contribution in [0.15, 0.2) is 18.2 Å². The quantitative estimate of drug-likeness (QED) is 0.839.